The number of epoxide rings is 1. The van der Waals surface area contributed by atoms with Gasteiger partial charge in [-0.3, -0.25) is 5.32 Å². The number of hydrogen-bond acceptors (Lipinski definition) is 5. The Labute approximate surface area is 181 Å². The molecule has 3 aromatic carbocycles. The zero-order valence-corrected chi connectivity index (χ0v) is 17.7. The Morgan fingerprint density at radius 2 is 1.83 bits per heavy atom. The predicted octanol–water partition coefficient (Wildman–Crippen LogP) is 5.26. The first-order chi connectivity index (χ1) is 14.7. The molecule has 0 aliphatic carbocycles. The Morgan fingerprint density at radius 1 is 1.03 bits per heavy atom. The van der Waals surface area contributed by atoms with Crippen molar-refractivity contribution < 1.29 is 9.84 Å². The van der Waals surface area contributed by atoms with Gasteiger partial charge in [0.25, 0.3) is 0 Å². The summed E-state index contributed by atoms with van der Waals surface area (Å²) in [7, 11) is 0. The molecule has 2 aliphatic heterocycles. The third-order valence-electron chi connectivity index (χ3n) is 5.77. The normalized spacial score (nSPS) is 21.1. The van der Waals surface area contributed by atoms with Crippen molar-refractivity contribution in [1.82, 2.24) is 5.32 Å². The average Bonchev–Trinajstić information content (AvgIpc) is 3.52. The average molecular weight is 419 g/mol. The molecule has 0 aromatic heterocycles. The van der Waals surface area contributed by atoms with Crippen molar-refractivity contribution in [1.29, 1.82) is 0 Å². The molecular weight excluding hydrogens is 392 g/mol. The summed E-state index contributed by atoms with van der Waals surface area (Å²) in [5, 5.41) is 17.8. The molecule has 0 spiro atoms. The molecule has 3 N–H and O–H groups in total. The van der Waals surface area contributed by atoms with Crippen molar-refractivity contribution in [2.45, 2.75) is 54.2 Å². The number of ether oxygens (including phenoxy) is 1. The topological polar surface area (TPSA) is 56.8 Å². The fourth-order valence-electron chi connectivity index (χ4n) is 4.00. The van der Waals surface area contributed by atoms with E-state index in [0.717, 1.165) is 29.0 Å². The molecule has 4 atom stereocenters. The van der Waals surface area contributed by atoms with E-state index in [0.29, 0.717) is 0 Å². The molecular formula is C25H26N2O2S. The highest BCUT2D eigenvalue weighted by molar-refractivity contribution is 7.99. The molecule has 0 saturated carbocycles. The molecule has 2 heterocycles. The lowest BCUT2D eigenvalue weighted by Crippen LogP contribution is -2.34. The van der Waals surface area contributed by atoms with Gasteiger partial charge in [-0.25, -0.2) is 0 Å². The van der Waals surface area contributed by atoms with Crippen LogP contribution in [0.1, 0.15) is 42.4 Å². The molecule has 4 nitrogen and oxygen atoms in total. The van der Waals surface area contributed by atoms with E-state index in [1.54, 1.807) is 11.8 Å². The number of aliphatic hydroxyl groups excluding tert-OH is 1. The highest BCUT2D eigenvalue weighted by Crippen LogP contribution is 2.49. The molecule has 2 aliphatic rings. The Morgan fingerprint density at radius 3 is 2.67 bits per heavy atom. The smallest absolute Gasteiger partial charge is 0.159 e. The number of hydrogen-bond donors (Lipinski definition) is 3. The van der Waals surface area contributed by atoms with E-state index in [1.807, 2.05) is 18.2 Å². The maximum Gasteiger partial charge on any atom is 0.159 e. The van der Waals surface area contributed by atoms with Gasteiger partial charge < -0.3 is 15.2 Å². The van der Waals surface area contributed by atoms with Gasteiger partial charge in [0.2, 0.25) is 0 Å². The summed E-state index contributed by atoms with van der Waals surface area (Å²) in [6.45, 7) is 2.15. The van der Waals surface area contributed by atoms with Crippen LogP contribution in [-0.2, 0) is 11.2 Å². The third-order valence-corrected chi connectivity index (χ3v) is 6.93. The molecule has 1 fully saturated rings. The standard InChI is InChI=1S/C25H26N2O2S/c1-2-18(14-16-8-4-3-5-9-16)26-24(28)17-12-13-22-20(15-17)27-25-23(29-25)19-10-6-7-11-21(19)30-22/h3-13,15,18,23-28H,2,14H2,1H3. The fraction of sp³-hybridized carbons (Fsp3) is 0.280. The van der Waals surface area contributed by atoms with E-state index >= 15 is 0 Å². The SMILES string of the molecule is CCC(Cc1ccccc1)NC(O)c1ccc2c(c1)NC1OC1c1ccccc1S2. The van der Waals surface area contributed by atoms with Crippen molar-refractivity contribution in [2.75, 3.05) is 5.32 Å². The predicted molar refractivity (Wildman–Crippen MR) is 121 cm³/mol. The van der Waals surface area contributed by atoms with E-state index in [4.69, 9.17) is 4.74 Å². The molecule has 1 saturated heterocycles. The van der Waals surface area contributed by atoms with Gasteiger partial charge in [-0.05, 0) is 47.7 Å². The van der Waals surface area contributed by atoms with Crippen LogP contribution in [-0.4, -0.2) is 17.4 Å². The van der Waals surface area contributed by atoms with Gasteiger partial charge in [-0.2, -0.15) is 0 Å². The van der Waals surface area contributed by atoms with Crippen LogP contribution in [0.25, 0.3) is 0 Å². The molecule has 5 rings (SSSR count). The van der Waals surface area contributed by atoms with E-state index in [2.05, 4.69) is 72.2 Å². The maximum atomic E-state index is 10.9. The van der Waals surface area contributed by atoms with Crippen LogP contribution in [0.15, 0.2) is 82.6 Å². The van der Waals surface area contributed by atoms with E-state index < -0.39 is 6.23 Å². The van der Waals surface area contributed by atoms with Crippen molar-refractivity contribution >= 4 is 17.4 Å². The van der Waals surface area contributed by atoms with Gasteiger partial charge in [-0.15, -0.1) is 0 Å². The van der Waals surface area contributed by atoms with Crippen LogP contribution in [0.4, 0.5) is 5.69 Å². The third kappa shape index (κ3) is 4.12. The quantitative estimate of drug-likeness (QED) is 0.376. The van der Waals surface area contributed by atoms with Gasteiger partial charge in [0.15, 0.2) is 6.23 Å². The first-order valence-electron chi connectivity index (χ1n) is 10.5. The summed E-state index contributed by atoms with van der Waals surface area (Å²) in [6.07, 6.45) is 1.21. The van der Waals surface area contributed by atoms with Crippen LogP contribution in [0.3, 0.4) is 0 Å². The van der Waals surface area contributed by atoms with Gasteiger partial charge in [-0.1, -0.05) is 73.3 Å². The summed E-state index contributed by atoms with van der Waals surface area (Å²) in [5.74, 6) is 0. The maximum absolute atomic E-state index is 10.9. The van der Waals surface area contributed by atoms with Gasteiger partial charge in [0.05, 0.1) is 5.69 Å². The minimum atomic E-state index is -0.718. The zero-order chi connectivity index (χ0) is 20.5. The van der Waals surface area contributed by atoms with Crippen LogP contribution in [0, 0.1) is 0 Å². The Bertz CT molecular complexity index is 1030. The number of anilines is 1. The number of benzene rings is 3. The molecule has 5 heteroatoms. The van der Waals surface area contributed by atoms with Crippen LogP contribution >= 0.6 is 11.8 Å². The molecule has 0 bridgehead atoms. The summed E-state index contributed by atoms with van der Waals surface area (Å²) in [4.78, 5) is 2.37. The lowest BCUT2D eigenvalue weighted by Gasteiger charge is -2.23. The molecule has 0 amide bonds. The first-order valence-corrected chi connectivity index (χ1v) is 11.3. The molecule has 3 aromatic rings. The molecule has 30 heavy (non-hydrogen) atoms. The minimum Gasteiger partial charge on any atom is -0.374 e. The lowest BCUT2D eigenvalue weighted by atomic mass is 10.0. The largest absolute Gasteiger partial charge is 0.374 e. The Hall–Kier alpha value is -2.31. The first kappa shape index (κ1) is 19.6. The van der Waals surface area contributed by atoms with E-state index in [-0.39, 0.29) is 18.4 Å². The lowest BCUT2D eigenvalue weighted by molar-refractivity contribution is 0.122. The fourth-order valence-corrected chi connectivity index (χ4v) is 5.05. The summed E-state index contributed by atoms with van der Waals surface area (Å²) < 4.78 is 5.87. The second-order valence-corrected chi connectivity index (χ2v) is 8.96. The van der Waals surface area contributed by atoms with Crippen molar-refractivity contribution in [3.63, 3.8) is 0 Å². The zero-order valence-electron chi connectivity index (χ0n) is 16.9. The van der Waals surface area contributed by atoms with Crippen molar-refractivity contribution in [3.8, 4) is 0 Å². The Balaban J connectivity index is 1.34. The molecule has 0 radical (unpaired) electrons. The molecule has 154 valence electrons. The van der Waals surface area contributed by atoms with E-state index in [1.165, 1.54) is 16.0 Å². The highest BCUT2D eigenvalue weighted by Gasteiger charge is 2.43. The monoisotopic (exact) mass is 418 g/mol. The van der Waals surface area contributed by atoms with Gasteiger partial charge in [0, 0.05) is 15.8 Å². The second kappa shape index (κ2) is 8.44. The van der Waals surface area contributed by atoms with Crippen molar-refractivity contribution in [3.05, 3.63) is 89.5 Å². The summed E-state index contributed by atoms with van der Waals surface area (Å²) in [5.41, 5.74) is 4.38. The highest BCUT2D eigenvalue weighted by atomic mass is 32.2. The Kier molecular flexibility index (Phi) is 5.52. The number of aliphatic hydroxyl groups is 1. The van der Waals surface area contributed by atoms with E-state index in [9.17, 15) is 5.11 Å². The molecule has 4 unspecified atom stereocenters. The van der Waals surface area contributed by atoms with Crippen LogP contribution < -0.4 is 10.6 Å². The number of fused-ring (bicyclic) bond motifs is 4. The number of rotatable bonds is 6. The number of nitrogens with one attached hydrogen (secondary N) is 2. The van der Waals surface area contributed by atoms with Gasteiger partial charge in [0.1, 0.15) is 12.3 Å². The van der Waals surface area contributed by atoms with Gasteiger partial charge >= 0.3 is 0 Å². The minimum absolute atomic E-state index is 0.00683. The van der Waals surface area contributed by atoms with Crippen molar-refractivity contribution in [2.24, 2.45) is 0 Å². The second-order valence-electron chi connectivity index (χ2n) is 7.88. The van der Waals surface area contributed by atoms with Crippen LogP contribution in [0.2, 0.25) is 0 Å². The van der Waals surface area contributed by atoms with Crippen LogP contribution in [0.5, 0.6) is 0 Å². The summed E-state index contributed by atoms with van der Waals surface area (Å²) in [6, 6.07) is 25.2. The summed E-state index contributed by atoms with van der Waals surface area (Å²) >= 11 is 1.74.